The molecular weight excluding hydrogens is 264 g/mol. The molecule has 1 aliphatic rings. The zero-order valence-corrected chi connectivity index (χ0v) is 11.9. The van der Waals surface area contributed by atoms with Crippen LogP contribution in [-0.4, -0.2) is 17.5 Å². The van der Waals surface area contributed by atoms with Gasteiger partial charge in [-0.25, -0.2) is 0 Å². The van der Waals surface area contributed by atoms with Crippen molar-refractivity contribution in [2.45, 2.75) is 19.4 Å². The van der Waals surface area contributed by atoms with Crippen molar-refractivity contribution in [1.29, 1.82) is 0 Å². The standard InChI is InChI=1S/C17H18N2O2/c1-2-19(14-6-4-3-5-7-14)17-12-16(21-18-17)13-8-10-15(20)11-9-13/h3-11,16,20H,2,12H2,1H3/t16-/m1/s1. The molecule has 0 spiro atoms. The third kappa shape index (κ3) is 2.84. The third-order valence-electron chi connectivity index (χ3n) is 3.61. The van der Waals surface area contributed by atoms with Crippen LogP contribution in [0.4, 0.5) is 5.69 Å². The number of phenols is 1. The van der Waals surface area contributed by atoms with Crippen LogP contribution in [0.2, 0.25) is 0 Å². The number of hydrogen-bond acceptors (Lipinski definition) is 4. The van der Waals surface area contributed by atoms with Crippen LogP contribution in [0.1, 0.15) is 25.0 Å². The maximum absolute atomic E-state index is 9.35. The summed E-state index contributed by atoms with van der Waals surface area (Å²) in [5.41, 5.74) is 2.14. The van der Waals surface area contributed by atoms with E-state index in [4.69, 9.17) is 4.84 Å². The molecule has 0 fully saturated rings. The van der Waals surface area contributed by atoms with Gasteiger partial charge >= 0.3 is 0 Å². The maximum Gasteiger partial charge on any atom is 0.159 e. The van der Waals surface area contributed by atoms with Crippen LogP contribution in [0, 0.1) is 0 Å². The molecule has 4 nitrogen and oxygen atoms in total. The second-order valence-electron chi connectivity index (χ2n) is 4.98. The number of aromatic hydroxyl groups is 1. The molecule has 3 rings (SSSR count). The van der Waals surface area contributed by atoms with E-state index in [0.29, 0.717) is 0 Å². The molecule has 2 aromatic rings. The Morgan fingerprint density at radius 3 is 2.52 bits per heavy atom. The van der Waals surface area contributed by atoms with Gasteiger partial charge in [0.25, 0.3) is 0 Å². The van der Waals surface area contributed by atoms with E-state index < -0.39 is 0 Å². The van der Waals surface area contributed by atoms with Gasteiger partial charge in [-0.15, -0.1) is 0 Å². The molecule has 0 unspecified atom stereocenters. The fourth-order valence-corrected chi connectivity index (χ4v) is 2.51. The van der Waals surface area contributed by atoms with E-state index in [2.05, 4.69) is 29.1 Å². The molecule has 4 heteroatoms. The molecule has 0 radical (unpaired) electrons. The minimum absolute atomic E-state index is 0.0848. The molecular formula is C17H18N2O2. The van der Waals surface area contributed by atoms with Gasteiger partial charge in [-0.05, 0) is 36.8 Å². The predicted octanol–water partition coefficient (Wildman–Crippen LogP) is 3.69. The number of nitrogens with zero attached hydrogens (tertiary/aromatic N) is 2. The SMILES string of the molecule is CCN(C1=NO[C@@H](c2ccc(O)cc2)C1)c1ccccc1. The zero-order chi connectivity index (χ0) is 14.7. The van der Waals surface area contributed by atoms with E-state index >= 15 is 0 Å². The number of anilines is 1. The van der Waals surface area contributed by atoms with Gasteiger partial charge in [0.15, 0.2) is 11.9 Å². The number of hydrogen-bond donors (Lipinski definition) is 1. The number of amidine groups is 1. The van der Waals surface area contributed by atoms with Crippen molar-refractivity contribution in [3.63, 3.8) is 0 Å². The van der Waals surface area contributed by atoms with Gasteiger partial charge in [0.1, 0.15) is 5.75 Å². The largest absolute Gasteiger partial charge is 0.508 e. The van der Waals surface area contributed by atoms with Crippen molar-refractivity contribution < 1.29 is 9.94 Å². The normalized spacial score (nSPS) is 17.2. The molecule has 0 aliphatic carbocycles. The lowest BCUT2D eigenvalue weighted by Crippen LogP contribution is -2.29. The Morgan fingerprint density at radius 2 is 1.86 bits per heavy atom. The topological polar surface area (TPSA) is 45.1 Å². The van der Waals surface area contributed by atoms with E-state index in [-0.39, 0.29) is 11.9 Å². The van der Waals surface area contributed by atoms with Gasteiger partial charge in [0, 0.05) is 12.2 Å². The molecule has 0 amide bonds. The van der Waals surface area contributed by atoms with Crippen molar-refractivity contribution in [2.24, 2.45) is 5.16 Å². The Labute approximate surface area is 124 Å². The number of para-hydroxylation sites is 1. The Kier molecular flexibility index (Phi) is 3.77. The first-order valence-electron chi connectivity index (χ1n) is 7.12. The van der Waals surface area contributed by atoms with Crippen LogP contribution in [0.25, 0.3) is 0 Å². The lowest BCUT2D eigenvalue weighted by Gasteiger charge is -2.21. The van der Waals surface area contributed by atoms with E-state index in [1.165, 1.54) is 0 Å². The molecule has 108 valence electrons. The van der Waals surface area contributed by atoms with Crippen molar-refractivity contribution in [1.82, 2.24) is 0 Å². The summed E-state index contributed by atoms with van der Waals surface area (Å²) in [6.45, 7) is 2.94. The minimum Gasteiger partial charge on any atom is -0.508 e. The molecule has 21 heavy (non-hydrogen) atoms. The van der Waals surface area contributed by atoms with E-state index in [1.807, 2.05) is 30.3 Å². The first kappa shape index (κ1) is 13.5. The summed E-state index contributed by atoms with van der Waals surface area (Å²) < 4.78 is 0. The van der Waals surface area contributed by atoms with Crippen molar-refractivity contribution in [2.75, 3.05) is 11.4 Å². The third-order valence-corrected chi connectivity index (χ3v) is 3.61. The summed E-state index contributed by atoms with van der Waals surface area (Å²) in [5, 5.41) is 13.6. The number of phenolic OH excluding ortho intramolecular Hbond substituents is 1. The summed E-state index contributed by atoms with van der Waals surface area (Å²) in [6, 6.07) is 17.3. The van der Waals surface area contributed by atoms with Gasteiger partial charge in [-0.3, -0.25) is 0 Å². The molecule has 0 saturated heterocycles. The summed E-state index contributed by atoms with van der Waals surface area (Å²) in [4.78, 5) is 7.71. The Morgan fingerprint density at radius 1 is 1.14 bits per heavy atom. The van der Waals surface area contributed by atoms with Crippen molar-refractivity contribution in [3.05, 3.63) is 60.2 Å². The highest BCUT2D eigenvalue weighted by Gasteiger charge is 2.26. The summed E-state index contributed by atoms with van der Waals surface area (Å²) in [7, 11) is 0. The Hall–Kier alpha value is -2.49. The summed E-state index contributed by atoms with van der Waals surface area (Å²) >= 11 is 0. The van der Waals surface area contributed by atoms with Gasteiger partial charge in [0.2, 0.25) is 0 Å². The van der Waals surface area contributed by atoms with Crippen LogP contribution < -0.4 is 4.90 Å². The van der Waals surface area contributed by atoms with Crippen molar-refractivity contribution >= 4 is 11.5 Å². The maximum atomic E-state index is 9.35. The summed E-state index contributed by atoms with van der Waals surface area (Å²) in [6.07, 6.45) is 0.645. The molecule has 0 bridgehead atoms. The first-order valence-corrected chi connectivity index (χ1v) is 7.12. The van der Waals surface area contributed by atoms with Gasteiger partial charge in [-0.2, -0.15) is 0 Å². The van der Waals surface area contributed by atoms with Gasteiger partial charge < -0.3 is 14.8 Å². The predicted molar refractivity (Wildman–Crippen MR) is 83.4 cm³/mol. The highest BCUT2D eigenvalue weighted by Crippen LogP contribution is 2.30. The van der Waals surface area contributed by atoms with Crippen LogP contribution in [-0.2, 0) is 4.84 Å². The highest BCUT2D eigenvalue weighted by atomic mass is 16.6. The molecule has 1 heterocycles. The van der Waals surface area contributed by atoms with Gasteiger partial charge in [-0.1, -0.05) is 35.5 Å². The monoisotopic (exact) mass is 282 g/mol. The molecule has 1 N–H and O–H groups in total. The van der Waals surface area contributed by atoms with Crippen LogP contribution >= 0.6 is 0 Å². The first-order chi connectivity index (χ1) is 10.3. The fourth-order valence-electron chi connectivity index (χ4n) is 2.51. The van der Waals surface area contributed by atoms with Crippen LogP contribution in [0.5, 0.6) is 5.75 Å². The molecule has 1 atom stereocenters. The van der Waals surface area contributed by atoms with E-state index in [0.717, 1.165) is 30.1 Å². The average Bonchev–Trinajstić information content (AvgIpc) is 2.99. The molecule has 2 aromatic carbocycles. The van der Waals surface area contributed by atoms with E-state index in [9.17, 15) is 5.11 Å². The Balaban J connectivity index is 1.75. The second-order valence-corrected chi connectivity index (χ2v) is 4.98. The van der Waals surface area contributed by atoms with Crippen LogP contribution in [0.15, 0.2) is 59.8 Å². The molecule has 0 saturated carbocycles. The zero-order valence-electron chi connectivity index (χ0n) is 11.9. The highest BCUT2D eigenvalue weighted by molar-refractivity contribution is 5.98. The average molecular weight is 282 g/mol. The number of rotatable bonds is 3. The second kappa shape index (κ2) is 5.87. The molecule has 1 aliphatic heterocycles. The number of oxime groups is 1. The molecule has 0 aromatic heterocycles. The van der Waals surface area contributed by atoms with E-state index in [1.54, 1.807) is 12.1 Å². The van der Waals surface area contributed by atoms with Gasteiger partial charge in [0.05, 0.1) is 6.42 Å². The smallest absolute Gasteiger partial charge is 0.159 e. The quantitative estimate of drug-likeness (QED) is 0.933. The Bertz CT molecular complexity index is 623. The summed E-state index contributed by atoms with van der Waals surface area (Å²) in [5.74, 6) is 1.19. The lowest BCUT2D eigenvalue weighted by molar-refractivity contribution is 0.0857. The minimum atomic E-state index is -0.0848. The van der Waals surface area contributed by atoms with Crippen molar-refractivity contribution in [3.8, 4) is 5.75 Å². The number of benzene rings is 2. The van der Waals surface area contributed by atoms with Crippen LogP contribution in [0.3, 0.4) is 0 Å². The fraction of sp³-hybridized carbons (Fsp3) is 0.235. The lowest BCUT2D eigenvalue weighted by atomic mass is 10.1.